The molecular formula is C12H14O5S. The first-order chi connectivity index (χ1) is 8.40. The minimum absolute atomic E-state index is 0.0909. The van der Waals surface area contributed by atoms with Crippen LogP contribution >= 0.6 is 11.8 Å². The van der Waals surface area contributed by atoms with Crippen LogP contribution in [0.1, 0.15) is 11.1 Å². The first-order valence-corrected chi connectivity index (χ1v) is 6.19. The van der Waals surface area contributed by atoms with Crippen molar-refractivity contribution in [2.75, 3.05) is 12.4 Å². The van der Waals surface area contributed by atoms with E-state index < -0.39 is 18.5 Å². The van der Waals surface area contributed by atoms with Crippen LogP contribution in [0, 0.1) is 13.8 Å². The van der Waals surface area contributed by atoms with Gasteiger partial charge in [0, 0.05) is 0 Å². The number of thioether (sulfide) groups is 1. The zero-order valence-corrected chi connectivity index (χ0v) is 10.9. The topological polar surface area (TPSA) is 83.8 Å². The molecule has 5 nitrogen and oxygen atoms in total. The third-order valence-electron chi connectivity index (χ3n) is 2.08. The SMILES string of the molecule is Cc1cc(C)c(OCC(=O)O)c(SCC(=O)O)c1. The van der Waals surface area contributed by atoms with E-state index in [1.54, 1.807) is 13.0 Å². The third kappa shape index (κ3) is 4.29. The van der Waals surface area contributed by atoms with E-state index in [2.05, 4.69) is 0 Å². The highest BCUT2D eigenvalue weighted by atomic mass is 32.2. The average Bonchev–Trinajstić information content (AvgIpc) is 2.24. The molecular weight excluding hydrogens is 256 g/mol. The molecule has 1 aromatic rings. The van der Waals surface area contributed by atoms with E-state index in [0.717, 1.165) is 22.9 Å². The number of rotatable bonds is 6. The van der Waals surface area contributed by atoms with Gasteiger partial charge in [-0.1, -0.05) is 6.07 Å². The first kappa shape index (κ1) is 14.4. The van der Waals surface area contributed by atoms with Crippen LogP contribution in [0.3, 0.4) is 0 Å². The molecule has 6 heteroatoms. The van der Waals surface area contributed by atoms with Crippen molar-refractivity contribution in [1.29, 1.82) is 0 Å². The van der Waals surface area contributed by atoms with Gasteiger partial charge in [-0.15, -0.1) is 11.8 Å². The number of hydrogen-bond acceptors (Lipinski definition) is 4. The normalized spacial score (nSPS) is 10.1. The summed E-state index contributed by atoms with van der Waals surface area (Å²) >= 11 is 1.12. The fourth-order valence-corrected chi connectivity index (χ4v) is 2.38. The van der Waals surface area contributed by atoms with Gasteiger partial charge in [0.25, 0.3) is 0 Å². The van der Waals surface area contributed by atoms with Gasteiger partial charge in [-0.2, -0.15) is 0 Å². The Labute approximate surface area is 109 Å². The lowest BCUT2D eigenvalue weighted by Crippen LogP contribution is -2.11. The molecule has 0 atom stereocenters. The summed E-state index contributed by atoms with van der Waals surface area (Å²) in [7, 11) is 0. The Hall–Kier alpha value is -1.69. The Morgan fingerprint density at radius 1 is 1.22 bits per heavy atom. The molecule has 0 aliphatic rings. The number of aliphatic carboxylic acids is 2. The minimum Gasteiger partial charge on any atom is -0.481 e. The second kappa shape index (κ2) is 6.30. The molecule has 0 unspecified atom stereocenters. The van der Waals surface area contributed by atoms with Crippen molar-refractivity contribution in [2.45, 2.75) is 18.7 Å². The van der Waals surface area contributed by atoms with Gasteiger partial charge < -0.3 is 14.9 Å². The van der Waals surface area contributed by atoms with Crippen LogP contribution in [-0.2, 0) is 9.59 Å². The summed E-state index contributed by atoms with van der Waals surface area (Å²) < 4.78 is 5.20. The van der Waals surface area contributed by atoms with Crippen LogP contribution in [0.2, 0.25) is 0 Å². The van der Waals surface area contributed by atoms with E-state index >= 15 is 0 Å². The Kier molecular flexibility index (Phi) is 5.03. The minimum atomic E-state index is -1.07. The Morgan fingerprint density at radius 3 is 2.44 bits per heavy atom. The summed E-state index contributed by atoms with van der Waals surface area (Å²) in [5.74, 6) is -1.64. The Balaban J connectivity index is 2.96. The zero-order valence-electron chi connectivity index (χ0n) is 10.1. The molecule has 0 fully saturated rings. The van der Waals surface area contributed by atoms with Crippen LogP contribution in [0.25, 0.3) is 0 Å². The van der Waals surface area contributed by atoms with Crippen molar-refractivity contribution in [3.8, 4) is 5.75 Å². The fraction of sp³-hybridized carbons (Fsp3) is 0.333. The number of carbonyl (C=O) groups is 2. The number of hydrogen-bond donors (Lipinski definition) is 2. The van der Waals surface area contributed by atoms with Crippen LogP contribution in [0.15, 0.2) is 17.0 Å². The molecule has 0 saturated heterocycles. The first-order valence-electron chi connectivity index (χ1n) is 5.20. The fourth-order valence-electron chi connectivity index (χ4n) is 1.48. The molecule has 0 aliphatic carbocycles. The molecule has 0 heterocycles. The summed E-state index contributed by atoms with van der Waals surface area (Å²) in [6, 6.07) is 3.65. The molecule has 0 aromatic heterocycles. The van der Waals surface area contributed by atoms with Crippen LogP contribution in [0.5, 0.6) is 5.75 Å². The van der Waals surface area contributed by atoms with Crippen molar-refractivity contribution in [1.82, 2.24) is 0 Å². The van der Waals surface area contributed by atoms with Crippen molar-refractivity contribution in [2.24, 2.45) is 0 Å². The lowest BCUT2D eigenvalue weighted by molar-refractivity contribution is -0.139. The van der Waals surface area contributed by atoms with Crippen LogP contribution < -0.4 is 4.74 Å². The number of carboxylic acids is 2. The van der Waals surface area contributed by atoms with E-state index in [0.29, 0.717) is 10.6 Å². The molecule has 0 saturated carbocycles. The van der Waals surface area contributed by atoms with Crippen LogP contribution in [-0.4, -0.2) is 34.5 Å². The third-order valence-corrected chi connectivity index (χ3v) is 3.08. The number of carboxylic acid groups (broad SMARTS) is 2. The average molecular weight is 270 g/mol. The number of benzene rings is 1. The molecule has 18 heavy (non-hydrogen) atoms. The summed E-state index contributed by atoms with van der Waals surface area (Å²) in [5, 5.41) is 17.3. The molecule has 1 aromatic carbocycles. The van der Waals surface area contributed by atoms with E-state index in [4.69, 9.17) is 14.9 Å². The summed E-state index contributed by atoms with van der Waals surface area (Å²) in [6.07, 6.45) is 0. The van der Waals surface area contributed by atoms with Gasteiger partial charge in [0.1, 0.15) is 5.75 Å². The van der Waals surface area contributed by atoms with Crippen molar-refractivity contribution < 1.29 is 24.5 Å². The lowest BCUT2D eigenvalue weighted by Gasteiger charge is -2.13. The molecule has 2 N–H and O–H groups in total. The Morgan fingerprint density at radius 2 is 1.89 bits per heavy atom. The van der Waals surface area contributed by atoms with Crippen molar-refractivity contribution in [3.63, 3.8) is 0 Å². The van der Waals surface area contributed by atoms with Gasteiger partial charge >= 0.3 is 11.9 Å². The van der Waals surface area contributed by atoms with Gasteiger partial charge in [-0.05, 0) is 31.0 Å². The maximum atomic E-state index is 10.6. The smallest absolute Gasteiger partial charge is 0.341 e. The standard InChI is InChI=1S/C12H14O5S/c1-7-3-8(2)12(17-5-10(13)14)9(4-7)18-6-11(15)16/h3-4H,5-6H2,1-2H3,(H,13,14)(H,15,16). The molecule has 1 rings (SSSR count). The molecule has 0 spiro atoms. The summed E-state index contributed by atoms with van der Waals surface area (Å²) in [5.41, 5.74) is 1.77. The maximum Gasteiger partial charge on any atom is 0.341 e. The lowest BCUT2D eigenvalue weighted by atomic mass is 10.1. The van der Waals surface area contributed by atoms with E-state index in [-0.39, 0.29) is 5.75 Å². The highest BCUT2D eigenvalue weighted by molar-refractivity contribution is 8.00. The molecule has 0 aliphatic heterocycles. The van der Waals surface area contributed by atoms with Gasteiger partial charge in [-0.3, -0.25) is 4.79 Å². The number of ether oxygens (including phenoxy) is 1. The second-order valence-electron chi connectivity index (χ2n) is 3.77. The van der Waals surface area contributed by atoms with Crippen molar-refractivity contribution >= 4 is 23.7 Å². The highest BCUT2D eigenvalue weighted by Crippen LogP contribution is 2.33. The van der Waals surface area contributed by atoms with Gasteiger partial charge in [-0.25, -0.2) is 4.79 Å². The zero-order chi connectivity index (χ0) is 13.7. The quantitative estimate of drug-likeness (QED) is 0.769. The van der Waals surface area contributed by atoms with Crippen LogP contribution in [0.4, 0.5) is 0 Å². The second-order valence-corrected chi connectivity index (χ2v) is 4.79. The Bertz CT molecular complexity index is 470. The van der Waals surface area contributed by atoms with Gasteiger partial charge in [0.2, 0.25) is 0 Å². The van der Waals surface area contributed by atoms with E-state index in [1.165, 1.54) is 0 Å². The maximum absolute atomic E-state index is 10.6. The number of aryl methyl sites for hydroxylation is 2. The van der Waals surface area contributed by atoms with Crippen molar-refractivity contribution in [3.05, 3.63) is 23.3 Å². The van der Waals surface area contributed by atoms with Gasteiger partial charge in [0.15, 0.2) is 6.61 Å². The molecule has 0 bridgehead atoms. The molecule has 0 amide bonds. The monoisotopic (exact) mass is 270 g/mol. The predicted octanol–water partition coefficient (Wildman–Crippen LogP) is 1.94. The summed E-state index contributed by atoms with van der Waals surface area (Å²) in [6.45, 7) is 3.25. The van der Waals surface area contributed by atoms with E-state index in [9.17, 15) is 9.59 Å². The highest BCUT2D eigenvalue weighted by Gasteiger charge is 2.12. The van der Waals surface area contributed by atoms with E-state index in [1.807, 2.05) is 13.0 Å². The molecule has 98 valence electrons. The summed E-state index contributed by atoms with van der Waals surface area (Å²) in [4.78, 5) is 21.7. The van der Waals surface area contributed by atoms with Gasteiger partial charge in [0.05, 0.1) is 10.6 Å². The largest absolute Gasteiger partial charge is 0.481 e. The predicted molar refractivity (Wildman–Crippen MR) is 67.4 cm³/mol. The molecule has 0 radical (unpaired) electrons.